The van der Waals surface area contributed by atoms with Crippen LogP contribution in [0.15, 0.2) is 0 Å². The molecule has 0 bridgehead atoms. The normalized spacial score (nSPS) is 29.5. The summed E-state index contributed by atoms with van der Waals surface area (Å²) < 4.78 is 0. The van der Waals surface area contributed by atoms with Gasteiger partial charge >= 0.3 is 0 Å². The van der Waals surface area contributed by atoms with E-state index in [1.165, 1.54) is 19.3 Å². The number of hydroxylamine groups is 1. The fourth-order valence-corrected chi connectivity index (χ4v) is 1.91. The Kier molecular flexibility index (Phi) is 4.53. The van der Waals surface area contributed by atoms with Crippen LogP contribution in [0.5, 0.6) is 0 Å². The van der Waals surface area contributed by atoms with E-state index in [0.29, 0.717) is 12.0 Å². The first kappa shape index (κ1) is 9.92. The quantitative estimate of drug-likeness (QED) is 0.402. The van der Waals surface area contributed by atoms with Gasteiger partial charge in [-0.25, -0.2) is 0 Å². The van der Waals surface area contributed by atoms with Crippen molar-refractivity contribution < 1.29 is 4.84 Å². The summed E-state index contributed by atoms with van der Waals surface area (Å²) in [4.78, 5) is 4.98. The summed E-state index contributed by atoms with van der Waals surface area (Å²) in [6.07, 6.45) is 4.81. The van der Waals surface area contributed by atoms with E-state index in [1.807, 2.05) is 0 Å². The fourth-order valence-electron chi connectivity index (χ4n) is 1.91. The van der Waals surface area contributed by atoms with Crippen LogP contribution in [0.2, 0.25) is 0 Å². The van der Waals surface area contributed by atoms with Gasteiger partial charge in [-0.2, -0.15) is 5.48 Å². The van der Waals surface area contributed by atoms with Crippen molar-refractivity contribution in [3.63, 3.8) is 0 Å². The molecule has 4 heteroatoms. The van der Waals surface area contributed by atoms with Crippen LogP contribution in [0.1, 0.15) is 25.7 Å². The molecule has 72 valence electrons. The van der Waals surface area contributed by atoms with E-state index in [0.717, 1.165) is 13.0 Å². The lowest BCUT2D eigenvalue weighted by Crippen LogP contribution is -2.34. The Labute approximate surface area is 73.6 Å². The molecule has 2 unspecified atom stereocenters. The molecule has 0 radical (unpaired) electrons. The number of nitrogens with one attached hydrogen (secondary N) is 1. The molecule has 0 spiro atoms. The van der Waals surface area contributed by atoms with E-state index in [2.05, 4.69) is 5.48 Å². The number of hydrogen-bond donors (Lipinski definition) is 3. The Bertz CT molecular complexity index is 121. The zero-order valence-electron chi connectivity index (χ0n) is 7.46. The maximum Gasteiger partial charge on any atom is 0.116 e. The summed E-state index contributed by atoms with van der Waals surface area (Å²) in [5.41, 5.74) is 13.7. The number of nitrogens with two attached hydrogens (primary N) is 2. The molecule has 4 nitrogen and oxygen atoms in total. The van der Waals surface area contributed by atoms with Crippen LogP contribution in [0.25, 0.3) is 0 Å². The first-order chi connectivity index (χ1) is 5.88. The second-order valence-corrected chi connectivity index (χ2v) is 3.30. The summed E-state index contributed by atoms with van der Waals surface area (Å²) in [5.74, 6) is 0.682. The molecule has 1 rings (SSSR count). The topological polar surface area (TPSA) is 73.3 Å². The second-order valence-electron chi connectivity index (χ2n) is 3.30. The van der Waals surface area contributed by atoms with E-state index in [4.69, 9.17) is 16.3 Å². The molecule has 0 saturated heterocycles. The predicted octanol–water partition coefficient (Wildman–Crippen LogP) is -0.0587. The molecule has 0 aromatic carbocycles. The number of rotatable bonds is 5. The van der Waals surface area contributed by atoms with Crippen molar-refractivity contribution in [1.29, 1.82) is 0 Å². The third-order valence-electron chi connectivity index (χ3n) is 2.51. The van der Waals surface area contributed by atoms with Gasteiger partial charge in [-0.1, -0.05) is 6.42 Å². The lowest BCUT2D eigenvalue weighted by molar-refractivity contribution is 0.0101. The minimum Gasteiger partial charge on any atom is -0.330 e. The molecule has 0 aliphatic heterocycles. The van der Waals surface area contributed by atoms with Crippen molar-refractivity contribution in [3.05, 3.63) is 0 Å². The third-order valence-corrected chi connectivity index (χ3v) is 2.51. The highest BCUT2D eigenvalue weighted by atomic mass is 16.7. The summed E-state index contributed by atoms with van der Waals surface area (Å²) in [7, 11) is 0. The van der Waals surface area contributed by atoms with Crippen LogP contribution >= 0.6 is 0 Å². The monoisotopic (exact) mass is 173 g/mol. The first-order valence-corrected chi connectivity index (χ1v) is 4.66. The molecule has 12 heavy (non-hydrogen) atoms. The summed E-state index contributed by atoms with van der Waals surface area (Å²) in [6, 6.07) is 0.470. The largest absolute Gasteiger partial charge is 0.330 e. The molecule has 0 heterocycles. The standard InChI is InChI=1S/C8H19N3O/c9-5-4-7-2-1-3-8(7)11-12-6-10/h7-8,11H,1-6,9-10H2. The van der Waals surface area contributed by atoms with E-state index in [9.17, 15) is 0 Å². The van der Waals surface area contributed by atoms with Gasteiger partial charge in [-0.05, 0) is 31.7 Å². The Hall–Kier alpha value is -0.160. The summed E-state index contributed by atoms with van der Waals surface area (Å²) in [5, 5.41) is 0. The lowest BCUT2D eigenvalue weighted by atomic mass is 10.0. The molecule has 0 aromatic rings. The van der Waals surface area contributed by atoms with Crippen LogP contribution in [0.3, 0.4) is 0 Å². The molecule has 1 aliphatic rings. The highest BCUT2D eigenvalue weighted by Crippen LogP contribution is 2.27. The minimum atomic E-state index is 0.242. The Morgan fingerprint density at radius 2 is 2.17 bits per heavy atom. The van der Waals surface area contributed by atoms with Crippen molar-refractivity contribution in [3.8, 4) is 0 Å². The van der Waals surface area contributed by atoms with Gasteiger partial charge in [0.25, 0.3) is 0 Å². The predicted molar refractivity (Wildman–Crippen MR) is 48.1 cm³/mol. The van der Waals surface area contributed by atoms with Crippen molar-refractivity contribution in [2.75, 3.05) is 13.3 Å². The van der Waals surface area contributed by atoms with Crippen molar-refractivity contribution in [2.24, 2.45) is 17.4 Å². The van der Waals surface area contributed by atoms with Crippen LogP contribution in [0, 0.1) is 5.92 Å². The highest BCUT2D eigenvalue weighted by Gasteiger charge is 2.26. The van der Waals surface area contributed by atoms with Crippen LogP contribution in [-0.4, -0.2) is 19.3 Å². The summed E-state index contributed by atoms with van der Waals surface area (Å²) in [6.45, 7) is 1.01. The van der Waals surface area contributed by atoms with Crippen molar-refractivity contribution in [2.45, 2.75) is 31.7 Å². The van der Waals surface area contributed by atoms with Crippen LogP contribution in [0.4, 0.5) is 0 Å². The van der Waals surface area contributed by atoms with Gasteiger partial charge in [0, 0.05) is 6.04 Å². The van der Waals surface area contributed by atoms with E-state index in [-0.39, 0.29) is 6.73 Å². The second kappa shape index (κ2) is 5.48. The van der Waals surface area contributed by atoms with E-state index < -0.39 is 0 Å². The van der Waals surface area contributed by atoms with Gasteiger partial charge in [0.05, 0.1) is 0 Å². The van der Waals surface area contributed by atoms with Crippen molar-refractivity contribution in [1.82, 2.24) is 5.48 Å². The van der Waals surface area contributed by atoms with E-state index >= 15 is 0 Å². The molecule has 0 aromatic heterocycles. The SMILES string of the molecule is NCCC1CCCC1NOCN. The van der Waals surface area contributed by atoms with Crippen molar-refractivity contribution >= 4 is 0 Å². The summed E-state index contributed by atoms with van der Waals surface area (Å²) >= 11 is 0. The Morgan fingerprint density at radius 3 is 2.83 bits per heavy atom. The molecule has 2 atom stereocenters. The smallest absolute Gasteiger partial charge is 0.116 e. The molecular weight excluding hydrogens is 154 g/mol. The molecule has 5 N–H and O–H groups in total. The average Bonchev–Trinajstić information content (AvgIpc) is 2.50. The Morgan fingerprint density at radius 1 is 1.33 bits per heavy atom. The lowest BCUT2D eigenvalue weighted by Gasteiger charge is -2.19. The van der Waals surface area contributed by atoms with Gasteiger partial charge in [0.15, 0.2) is 0 Å². The van der Waals surface area contributed by atoms with Gasteiger partial charge in [0.2, 0.25) is 0 Å². The molecule has 1 fully saturated rings. The zero-order chi connectivity index (χ0) is 8.81. The van der Waals surface area contributed by atoms with Gasteiger partial charge in [0.1, 0.15) is 6.73 Å². The molecule has 1 aliphatic carbocycles. The minimum absolute atomic E-state index is 0.242. The maximum atomic E-state index is 5.51. The van der Waals surface area contributed by atoms with E-state index in [1.54, 1.807) is 0 Å². The van der Waals surface area contributed by atoms with Crippen LogP contribution < -0.4 is 16.9 Å². The highest BCUT2D eigenvalue weighted by molar-refractivity contribution is 4.80. The Balaban J connectivity index is 2.20. The zero-order valence-corrected chi connectivity index (χ0v) is 7.46. The van der Waals surface area contributed by atoms with Crippen LogP contribution in [-0.2, 0) is 4.84 Å². The molecule has 0 amide bonds. The first-order valence-electron chi connectivity index (χ1n) is 4.66. The van der Waals surface area contributed by atoms with Gasteiger partial charge < -0.3 is 11.5 Å². The number of hydrogen-bond acceptors (Lipinski definition) is 4. The maximum absolute atomic E-state index is 5.51. The molecular formula is C8H19N3O. The third kappa shape index (κ3) is 2.71. The van der Waals surface area contributed by atoms with Gasteiger partial charge in [-0.3, -0.25) is 4.84 Å². The average molecular weight is 173 g/mol. The van der Waals surface area contributed by atoms with Gasteiger partial charge in [-0.15, -0.1) is 0 Å². The fraction of sp³-hybridized carbons (Fsp3) is 1.00. The molecule has 1 saturated carbocycles.